The SMILES string of the molecule is CC(=O)Nc1ccc(C(=O)OCCOC(=O)CC(=O)/C=C/c2cccc([N+](=O)[O-])c2)cc1. The second-order valence-corrected chi connectivity index (χ2v) is 6.44. The Hall–Kier alpha value is -4.34. The molecule has 0 aromatic heterocycles. The molecule has 2 rings (SSSR count). The molecule has 32 heavy (non-hydrogen) atoms. The first-order valence-electron chi connectivity index (χ1n) is 9.40. The average Bonchev–Trinajstić information content (AvgIpc) is 2.75. The van der Waals surface area contributed by atoms with Crippen LogP contribution in [-0.4, -0.2) is 41.8 Å². The van der Waals surface area contributed by atoms with E-state index in [9.17, 15) is 29.3 Å². The van der Waals surface area contributed by atoms with Crippen LogP contribution in [0.1, 0.15) is 29.3 Å². The van der Waals surface area contributed by atoms with Gasteiger partial charge in [0.25, 0.3) is 5.69 Å². The maximum Gasteiger partial charge on any atom is 0.338 e. The first kappa shape index (κ1) is 23.9. The number of hydrogen-bond acceptors (Lipinski definition) is 8. The minimum Gasteiger partial charge on any atom is -0.462 e. The number of non-ortho nitro benzene ring substituents is 1. The number of rotatable bonds is 10. The predicted molar refractivity (Wildman–Crippen MR) is 114 cm³/mol. The maximum atomic E-state index is 11.9. The summed E-state index contributed by atoms with van der Waals surface area (Å²) in [6, 6.07) is 11.7. The van der Waals surface area contributed by atoms with E-state index in [0.29, 0.717) is 11.3 Å². The van der Waals surface area contributed by atoms with Crippen LogP contribution in [0.4, 0.5) is 11.4 Å². The fourth-order valence-electron chi connectivity index (χ4n) is 2.45. The van der Waals surface area contributed by atoms with Crippen LogP contribution in [0.5, 0.6) is 0 Å². The third-order valence-electron chi connectivity index (χ3n) is 3.88. The summed E-state index contributed by atoms with van der Waals surface area (Å²) in [4.78, 5) is 56.6. The van der Waals surface area contributed by atoms with Crippen LogP contribution in [0, 0.1) is 10.1 Å². The number of carbonyl (C=O) groups is 4. The lowest BCUT2D eigenvalue weighted by Crippen LogP contribution is -2.15. The number of nitrogens with one attached hydrogen (secondary N) is 1. The Labute approximate surface area is 183 Å². The number of benzene rings is 2. The fraction of sp³-hybridized carbons (Fsp3) is 0.182. The van der Waals surface area contributed by atoms with E-state index in [2.05, 4.69) is 5.32 Å². The summed E-state index contributed by atoms with van der Waals surface area (Å²) in [6.45, 7) is 0.941. The van der Waals surface area contributed by atoms with Crippen molar-refractivity contribution in [3.63, 3.8) is 0 Å². The van der Waals surface area contributed by atoms with E-state index in [0.717, 1.165) is 6.08 Å². The number of nitrogens with zero attached hydrogens (tertiary/aromatic N) is 1. The van der Waals surface area contributed by atoms with Gasteiger partial charge in [0.15, 0.2) is 5.78 Å². The lowest BCUT2D eigenvalue weighted by Gasteiger charge is -2.07. The van der Waals surface area contributed by atoms with E-state index in [1.165, 1.54) is 43.3 Å². The van der Waals surface area contributed by atoms with E-state index >= 15 is 0 Å². The number of hydrogen-bond donors (Lipinski definition) is 1. The summed E-state index contributed by atoms with van der Waals surface area (Å²) < 4.78 is 9.84. The molecular formula is C22H20N2O8. The third-order valence-corrected chi connectivity index (χ3v) is 3.88. The number of ketones is 1. The van der Waals surface area contributed by atoms with Gasteiger partial charge in [-0.25, -0.2) is 4.79 Å². The average molecular weight is 440 g/mol. The Balaban J connectivity index is 1.71. The maximum absolute atomic E-state index is 11.9. The molecule has 0 aliphatic carbocycles. The third kappa shape index (κ3) is 8.19. The lowest BCUT2D eigenvalue weighted by atomic mass is 10.1. The fourth-order valence-corrected chi connectivity index (χ4v) is 2.45. The number of nitro groups is 1. The largest absolute Gasteiger partial charge is 0.462 e. The van der Waals surface area contributed by atoms with Crippen LogP contribution in [-0.2, 0) is 23.9 Å². The zero-order valence-corrected chi connectivity index (χ0v) is 17.1. The molecule has 0 spiro atoms. The first-order valence-corrected chi connectivity index (χ1v) is 9.40. The van der Waals surface area contributed by atoms with Gasteiger partial charge in [0.05, 0.1) is 10.5 Å². The Kier molecular flexibility index (Phi) is 8.78. The van der Waals surface area contributed by atoms with Crippen LogP contribution in [0.15, 0.2) is 54.6 Å². The highest BCUT2D eigenvalue weighted by Gasteiger charge is 2.11. The molecule has 1 amide bonds. The molecule has 0 saturated carbocycles. The Morgan fingerprint density at radius 2 is 1.72 bits per heavy atom. The highest BCUT2D eigenvalue weighted by atomic mass is 16.6. The van der Waals surface area contributed by atoms with Crippen molar-refractivity contribution >= 4 is 41.1 Å². The Morgan fingerprint density at radius 1 is 1.03 bits per heavy atom. The molecule has 166 valence electrons. The number of carbonyl (C=O) groups excluding carboxylic acids is 4. The molecule has 0 radical (unpaired) electrons. The van der Waals surface area contributed by atoms with Crippen molar-refractivity contribution in [3.05, 3.63) is 75.8 Å². The summed E-state index contributed by atoms with van der Waals surface area (Å²) >= 11 is 0. The number of anilines is 1. The minimum atomic E-state index is -0.797. The quantitative estimate of drug-likeness (QED) is 0.148. The summed E-state index contributed by atoms with van der Waals surface area (Å²) in [5.41, 5.74) is 1.12. The van der Waals surface area contributed by atoms with Crippen LogP contribution >= 0.6 is 0 Å². The van der Waals surface area contributed by atoms with Gasteiger partial charge in [0.1, 0.15) is 19.6 Å². The van der Waals surface area contributed by atoms with E-state index in [-0.39, 0.29) is 30.4 Å². The minimum absolute atomic E-state index is 0.114. The number of ether oxygens (including phenoxy) is 2. The van der Waals surface area contributed by atoms with Gasteiger partial charge in [-0.1, -0.05) is 18.2 Å². The molecule has 0 atom stereocenters. The van der Waals surface area contributed by atoms with Gasteiger partial charge in [-0.15, -0.1) is 0 Å². The normalized spacial score (nSPS) is 10.4. The van der Waals surface area contributed by atoms with Gasteiger partial charge < -0.3 is 14.8 Å². The molecule has 0 saturated heterocycles. The van der Waals surface area contributed by atoms with Gasteiger partial charge in [-0.2, -0.15) is 0 Å². The molecule has 0 fully saturated rings. The van der Waals surface area contributed by atoms with Crippen molar-refractivity contribution in [2.24, 2.45) is 0 Å². The summed E-state index contributed by atoms with van der Waals surface area (Å²) in [6.07, 6.45) is 1.97. The Morgan fingerprint density at radius 3 is 2.38 bits per heavy atom. The highest BCUT2D eigenvalue weighted by molar-refractivity contribution is 6.04. The zero-order valence-electron chi connectivity index (χ0n) is 17.1. The molecule has 10 heteroatoms. The van der Waals surface area contributed by atoms with Crippen molar-refractivity contribution in [3.8, 4) is 0 Å². The standard InChI is InChI=1S/C22H20N2O8/c1-15(25)23-18-8-6-17(7-9-18)22(28)32-12-11-31-21(27)14-20(26)10-5-16-3-2-4-19(13-16)24(29)30/h2-10,13H,11-12,14H2,1H3,(H,23,25)/b10-5+. The number of nitro benzene ring substituents is 1. The van der Waals surface area contributed by atoms with Gasteiger partial charge in [0, 0.05) is 24.7 Å². The van der Waals surface area contributed by atoms with Gasteiger partial charge >= 0.3 is 11.9 Å². The van der Waals surface area contributed by atoms with Crippen molar-refractivity contribution < 1.29 is 33.6 Å². The van der Waals surface area contributed by atoms with E-state index in [1.807, 2.05) is 0 Å². The molecule has 2 aromatic rings. The number of esters is 2. The van der Waals surface area contributed by atoms with Crippen molar-refractivity contribution in [2.75, 3.05) is 18.5 Å². The van der Waals surface area contributed by atoms with E-state index < -0.39 is 29.1 Å². The topological polar surface area (TPSA) is 142 Å². The monoisotopic (exact) mass is 440 g/mol. The molecule has 0 heterocycles. The molecule has 1 N–H and O–H groups in total. The second-order valence-electron chi connectivity index (χ2n) is 6.44. The van der Waals surface area contributed by atoms with Crippen LogP contribution in [0.2, 0.25) is 0 Å². The predicted octanol–water partition coefficient (Wildman–Crippen LogP) is 2.93. The molecular weight excluding hydrogens is 420 g/mol. The smallest absolute Gasteiger partial charge is 0.338 e. The molecule has 2 aromatic carbocycles. The molecule has 0 aliphatic heterocycles. The van der Waals surface area contributed by atoms with Crippen molar-refractivity contribution in [2.45, 2.75) is 13.3 Å². The lowest BCUT2D eigenvalue weighted by molar-refractivity contribution is -0.384. The highest BCUT2D eigenvalue weighted by Crippen LogP contribution is 2.14. The number of amides is 1. The summed E-state index contributed by atoms with van der Waals surface area (Å²) in [5, 5.41) is 13.3. The molecule has 0 bridgehead atoms. The molecule has 0 unspecified atom stereocenters. The number of allylic oxidation sites excluding steroid dienone is 1. The van der Waals surface area contributed by atoms with E-state index in [4.69, 9.17) is 9.47 Å². The van der Waals surface area contributed by atoms with E-state index in [1.54, 1.807) is 18.2 Å². The van der Waals surface area contributed by atoms with Gasteiger partial charge in [-0.05, 0) is 35.9 Å². The van der Waals surface area contributed by atoms with Crippen LogP contribution in [0.3, 0.4) is 0 Å². The second kappa shape index (κ2) is 11.7. The molecule has 0 aliphatic rings. The van der Waals surface area contributed by atoms with Crippen molar-refractivity contribution in [1.29, 1.82) is 0 Å². The van der Waals surface area contributed by atoms with Crippen LogP contribution < -0.4 is 5.32 Å². The summed E-state index contributed by atoms with van der Waals surface area (Å²) in [7, 11) is 0. The first-order chi connectivity index (χ1) is 15.2. The Bertz CT molecular complexity index is 1040. The molecule has 10 nitrogen and oxygen atoms in total. The van der Waals surface area contributed by atoms with Crippen LogP contribution in [0.25, 0.3) is 6.08 Å². The van der Waals surface area contributed by atoms with Gasteiger partial charge in [-0.3, -0.25) is 24.5 Å². The summed E-state index contributed by atoms with van der Waals surface area (Å²) in [5.74, 6) is -2.21. The van der Waals surface area contributed by atoms with Crippen molar-refractivity contribution in [1.82, 2.24) is 0 Å². The van der Waals surface area contributed by atoms with Gasteiger partial charge in [0.2, 0.25) is 5.91 Å². The zero-order chi connectivity index (χ0) is 23.5.